The third-order valence-corrected chi connectivity index (χ3v) is 5.75. The Morgan fingerprint density at radius 2 is 1.68 bits per heavy atom. The number of anilines is 2. The molecule has 4 heteroatoms. The van der Waals surface area contributed by atoms with E-state index < -0.39 is 0 Å². The molecule has 0 saturated carbocycles. The summed E-state index contributed by atoms with van der Waals surface area (Å²) >= 11 is 1.81. The Labute approximate surface area is 153 Å². The van der Waals surface area contributed by atoms with E-state index in [1.165, 1.54) is 31.9 Å². The fraction of sp³-hybridized carbons (Fsp3) is 0.238. The first-order valence-corrected chi connectivity index (χ1v) is 9.60. The second kappa shape index (κ2) is 7.38. The summed E-state index contributed by atoms with van der Waals surface area (Å²) in [5.41, 5.74) is 2.55. The lowest BCUT2D eigenvalue weighted by molar-refractivity contribution is 0.590. The topological polar surface area (TPSA) is 27.3 Å². The van der Waals surface area contributed by atoms with Crippen LogP contribution in [0.5, 0.6) is 0 Å². The van der Waals surface area contributed by atoms with Crippen molar-refractivity contribution in [2.45, 2.75) is 9.79 Å². The van der Waals surface area contributed by atoms with E-state index in [-0.39, 0.29) is 0 Å². The van der Waals surface area contributed by atoms with Crippen LogP contribution in [0.25, 0.3) is 10.8 Å². The second-order valence-electron chi connectivity index (χ2n) is 6.21. The van der Waals surface area contributed by atoms with Gasteiger partial charge in [-0.15, -0.1) is 0 Å². The van der Waals surface area contributed by atoms with Gasteiger partial charge < -0.3 is 15.5 Å². The van der Waals surface area contributed by atoms with Crippen LogP contribution >= 0.6 is 11.8 Å². The summed E-state index contributed by atoms with van der Waals surface area (Å²) in [4.78, 5) is 5.01. The molecule has 3 aromatic carbocycles. The number of rotatable bonds is 4. The molecule has 1 heterocycles. The molecule has 0 aliphatic carbocycles. The summed E-state index contributed by atoms with van der Waals surface area (Å²) in [7, 11) is 2.02. The molecule has 2 N–H and O–H groups in total. The van der Waals surface area contributed by atoms with Crippen molar-refractivity contribution in [3.8, 4) is 0 Å². The minimum absolute atomic E-state index is 1.05. The Bertz CT molecular complexity index is 858. The summed E-state index contributed by atoms with van der Waals surface area (Å²) < 4.78 is 0. The van der Waals surface area contributed by atoms with Gasteiger partial charge in [-0.25, -0.2) is 0 Å². The van der Waals surface area contributed by atoms with Gasteiger partial charge in [0.1, 0.15) is 0 Å². The van der Waals surface area contributed by atoms with Crippen LogP contribution < -0.4 is 15.5 Å². The van der Waals surface area contributed by atoms with Gasteiger partial charge in [0.2, 0.25) is 0 Å². The van der Waals surface area contributed by atoms with Gasteiger partial charge in [0, 0.05) is 59.5 Å². The smallest absolute Gasteiger partial charge is 0.0559 e. The van der Waals surface area contributed by atoms with Crippen LogP contribution in [0.15, 0.2) is 70.5 Å². The maximum absolute atomic E-state index is 3.44. The van der Waals surface area contributed by atoms with Crippen LogP contribution in [0.1, 0.15) is 0 Å². The molecule has 0 unspecified atom stereocenters. The van der Waals surface area contributed by atoms with Crippen LogP contribution in [0.2, 0.25) is 0 Å². The maximum atomic E-state index is 3.44. The number of fused-ring (bicyclic) bond motifs is 1. The van der Waals surface area contributed by atoms with E-state index in [1.807, 2.05) is 18.8 Å². The molecule has 1 saturated heterocycles. The average Bonchev–Trinajstić information content (AvgIpc) is 2.69. The summed E-state index contributed by atoms with van der Waals surface area (Å²) in [6, 6.07) is 21.7. The van der Waals surface area contributed by atoms with Crippen molar-refractivity contribution in [3.63, 3.8) is 0 Å². The highest BCUT2D eigenvalue weighted by molar-refractivity contribution is 7.99. The summed E-state index contributed by atoms with van der Waals surface area (Å²) in [6.07, 6.45) is 0. The third kappa shape index (κ3) is 3.32. The van der Waals surface area contributed by atoms with Crippen LogP contribution in [-0.4, -0.2) is 33.2 Å². The van der Waals surface area contributed by atoms with Crippen molar-refractivity contribution in [2.75, 3.05) is 43.4 Å². The largest absolute Gasteiger partial charge is 0.387 e. The maximum Gasteiger partial charge on any atom is 0.0559 e. The van der Waals surface area contributed by atoms with Crippen molar-refractivity contribution in [3.05, 3.63) is 60.7 Å². The monoisotopic (exact) mass is 349 g/mol. The Morgan fingerprint density at radius 3 is 2.44 bits per heavy atom. The lowest BCUT2D eigenvalue weighted by Crippen LogP contribution is -2.43. The minimum atomic E-state index is 1.05. The molecule has 128 valence electrons. The number of nitrogens with one attached hydrogen (secondary N) is 2. The molecular formula is C21H23N3S. The van der Waals surface area contributed by atoms with Gasteiger partial charge in [-0.1, -0.05) is 48.2 Å². The number of nitrogens with zero attached hydrogens (tertiary/aromatic N) is 1. The van der Waals surface area contributed by atoms with E-state index in [2.05, 4.69) is 76.2 Å². The van der Waals surface area contributed by atoms with Gasteiger partial charge in [0.15, 0.2) is 0 Å². The molecular weight excluding hydrogens is 326 g/mol. The molecule has 25 heavy (non-hydrogen) atoms. The SMILES string of the molecule is CNc1c(Sc2ccccc2)ccc2c(N3CCNCC3)cccc12. The molecule has 0 atom stereocenters. The molecule has 3 nitrogen and oxygen atoms in total. The van der Waals surface area contributed by atoms with E-state index >= 15 is 0 Å². The van der Waals surface area contributed by atoms with Crippen molar-refractivity contribution in [1.29, 1.82) is 0 Å². The van der Waals surface area contributed by atoms with Crippen LogP contribution in [0.3, 0.4) is 0 Å². The molecule has 1 fully saturated rings. The average molecular weight is 350 g/mol. The summed E-state index contributed by atoms with van der Waals surface area (Å²) in [6.45, 7) is 4.23. The molecule has 0 spiro atoms. The Balaban J connectivity index is 1.77. The van der Waals surface area contributed by atoms with E-state index in [0.29, 0.717) is 0 Å². The van der Waals surface area contributed by atoms with Crippen molar-refractivity contribution in [2.24, 2.45) is 0 Å². The molecule has 0 radical (unpaired) electrons. The van der Waals surface area contributed by atoms with Gasteiger partial charge in [0.25, 0.3) is 0 Å². The zero-order valence-electron chi connectivity index (χ0n) is 14.5. The second-order valence-corrected chi connectivity index (χ2v) is 7.33. The van der Waals surface area contributed by atoms with Crippen molar-refractivity contribution in [1.82, 2.24) is 5.32 Å². The normalized spacial score (nSPS) is 14.7. The van der Waals surface area contributed by atoms with Gasteiger partial charge >= 0.3 is 0 Å². The van der Waals surface area contributed by atoms with Crippen molar-refractivity contribution >= 4 is 33.9 Å². The van der Waals surface area contributed by atoms with Crippen LogP contribution in [0, 0.1) is 0 Å². The predicted molar refractivity (Wildman–Crippen MR) is 109 cm³/mol. The number of hydrogen-bond acceptors (Lipinski definition) is 4. The number of benzene rings is 3. The quantitative estimate of drug-likeness (QED) is 0.728. The lowest BCUT2D eigenvalue weighted by atomic mass is 10.1. The highest BCUT2D eigenvalue weighted by Crippen LogP contribution is 2.40. The summed E-state index contributed by atoms with van der Waals surface area (Å²) in [5, 5.41) is 9.49. The zero-order chi connectivity index (χ0) is 17.1. The van der Waals surface area contributed by atoms with E-state index in [0.717, 1.165) is 26.2 Å². The van der Waals surface area contributed by atoms with Gasteiger partial charge in [-0.2, -0.15) is 0 Å². The highest BCUT2D eigenvalue weighted by atomic mass is 32.2. The summed E-state index contributed by atoms with van der Waals surface area (Å²) in [5.74, 6) is 0. The minimum Gasteiger partial charge on any atom is -0.387 e. The van der Waals surface area contributed by atoms with Crippen LogP contribution in [0.4, 0.5) is 11.4 Å². The predicted octanol–water partition coefficient (Wildman–Crippen LogP) is 4.44. The number of piperazine rings is 1. The molecule has 1 aliphatic rings. The van der Waals surface area contributed by atoms with E-state index in [9.17, 15) is 0 Å². The first-order chi connectivity index (χ1) is 12.4. The Morgan fingerprint density at radius 1 is 0.880 bits per heavy atom. The fourth-order valence-electron chi connectivity index (χ4n) is 3.46. The molecule has 0 aromatic heterocycles. The third-order valence-electron chi connectivity index (χ3n) is 4.68. The molecule has 0 amide bonds. The Hall–Kier alpha value is -2.17. The first kappa shape index (κ1) is 16.3. The molecule has 1 aliphatic heterocycles. The lowest BCUT2D eigenvalue weighted by Gasteiger charge is -2.30. The van der Waals surface area contributed by atoms with Gasteiger partial charge in [-0.05, 0) is 24.3 Å². The molecule has 4 rings (SSSR count). The standard InChI is InChI=1S/C21H23N3S/c1-22-21-18-8-5-9-19(24-14-12-23-13-15-24)17(18)10-11-20(21)25-16-6-3-2-4-7-16/h2-11,22-23H,12-15H2,1H3. The number of hydrogen-bond donors (Lipinski definition) is 2. The van der Waals surface area contributed by atoms with Crippen LogP contribution in [-0.2, 0) is 0 Å². The van der Waals surface area contributed by atoms with Gasteiger partial charge in [-0.3, -0.25) is 0 Å². The zero-order valence-corrected chi connectivity index (χ0v) is 15.3. The molecule has 0 bridgehead atoms. The van der Waals surface area contributed by atoms with Crippen molar-refractivity contribution < 1.29 is 0 Å². The van der Waals surface area contributed by atoms with E-state index in [1.54, 1.807) is 0 Å². The first-order valence-electron chi connectivity index (χ1n) is 8.79. The van der Waals surface area contributed by atoms with Gasteiger partial charge in [0.05, 0.1) is 5.69 Å². The molecule has 3 aromatic rings. The fourth-order valence-corrected chi connectivity index (χ4v) is 4.46. The van der Waals surface area contributed by atoms with E-state index in [4.69, 9.17) is 0 Å². The Kier molecular flexibility index (Phi) is 4.81. The highest BCUT2D eigenvalue weighted by Gasteiger charge is 2.15.